The van der Waals surface area contributed by atoms with Gasteiger partial charge in [-0.2, -0.15) is 0 Å². The van der Waals surface area contributed by atoms with Gasteiger partial charge in [-0.1, -0.05) is 19.9 Å². The number of methoxy groups -OCH3 is 1. The van der Waals surface area contributed by atoms with Gasteiger partial charge in [-0.05, 0) is 23.8 Å². The molecule has 80 valence electrons. The van der Waals surface area contributed by atoms with Crippen LogP contribution in [0.25, 0.3) is 0 Å². The van der Waals surface area contributed by atoms with Gasteiger partial charge in [0.05, 0.1) is 6.10 Å². The summed E-state index contributed by atoms with van der Waals surface area (Å²) in [6.07, 6.45) is 1.06. The summed E-state index contributed by atoms with van der Waals surface area (Å²) in [4.78, 5) is 1.33. The van der Waals surface area contributed by atoms with Crippen molar-refractivity contribution < 1.29 is 4.74 Å². The summed E-state index contributed by atoms with van der Waals surface area (Å²) in [6, 6.07) is 4.28. The summed E-state index contributed by atoms with van der Waals surface area (Å²) in [6.45, 7) is 4.28. The maximum Gasteiger partial charge on any atom is 0.0748 e. The molecule has 14 heavy (non-hydrogen) atoms. The second-order valence-corrected chi connectivity index (χ2v) is 4.92. The van der Waals surface area contributed by atoms with E-state index in [9.17, 15) is 0 Å². The van der Waals surface area contributed by atoms with E-state index in [0.717, 1.165) is 6.42 Å². The predicted molar refractivity (Wildman–Crippen MR) is 61.6 cm³/mol. The Morgan fingerprint density at radius 1 is 1.50 bits per heavy atom. The molecule has 1 heterocycles. The quantitative estimate of drug-likeness (QED) is 0.814. The Morgan fingerprint density at radius 3 is 2.64 bits per heavy atom. The fraction of sp³-hybridized carbons (Fsp3) is 0.636. The monoisotopic (exact) mass is 213 g/mol. The SMILES string of the molecule is COC(C(C)C)C(N)Cc1cccs1. The normalized spacial score (nSPS) is 15.8. The Labute approximate surface area is 90.1 Å². The van der Waals surface area contributed by atoms with Gasteiger partial charge in [-0.25, -0.2) is 0 Å². The largest absolute Gasteiger partial charge is 0.380 e. The van der Waals surface area contributed by atoms with E-state index in [-0.39, 0.29) is 12.1 Å². The first-order valence-electron chi connectivity index (χ1n) is 4.96. The van der Waals surface area contributed by atoms with E-state index >= 15 is 0 Å². The second kappa shape index (κ2) is 5.49. The third kappa shape index (κ3) is 3.08. The van der Waals surface area contributed by atoms with Crippen molar-refractivity contribution in [1.82, 2.24) is 0 Å². The topological polar surface area (TPSA) is 35.2 Å². The summed E-state index contributed by atoms with van der Waals surface area (Å²) in [5, 5.41) is 2.08. The van der Waals surface area contributed by atoms with Crippen molar-refractivity contribution in [3.8, 4) is 0 Å². The molecule has 3 heteroatoms. The molecule has 0 saturated heterocycles. The summed E-state index contributed by atoms with van der Waals surface area (Å²) in [7, 11) is 1.74. The van der Waals surface area contributed by atoms with Gasteiger partial charge in [0, 0.05) is 18.0 Å². The zero-order chi connectivity index (χ0) is 10.6. The van der Waals surface area contributed by atoms with Crippen LogP contribution >= 0.6 is 11.3 Å². The molecule has 0 aromatic carbocycles. The molecule has 2 N–H and O–H groups in total. The van der Waals surface area contributed by atoms with Crippen molar-refractivity contribution in [3.05, 3.63) is 22.4 Å². The van der Waals surface area contributed by atoms with Crippen LogP contribution in [0.1, 0.15) is 18.7 Å². The maximum absolute atomic E-state index is 6.10. The highest BCUT2D eigenvalue weighted by Crippen LogP contribution is 2.16. The van der Waals surface area contributed by atoms with E-state index in [4.69, 9.17) is 10.5 Å². The number of hydrogen-bond acceptors (Lipinski definition) is 3. The van der Waals surface area contributed by atoms with Crippen LogP contribution in [0.5, 0.6) is 0 Å². The average molecular weight is 213 g/mol. The first-order valence-corrected chi connectivity index (χ1v) is 5.84. The Morgan fingerprint density at radius 2 is 2.21 bits per heavy atom. The molecule has 0 amide bonds. The van der Waals surface area contributed by atoms with Gasteiger partial charge in [0.25, 0.3) is 0 Å². The highest BCUT2D eigenvalue weighted by Gasteiger charge is 2.21. The van der Waals surface area contributed by atoms with Crippen molar-refractivity contribution in [2.75, 3.05) is 7.11 Å². The highest BCUT2D eigenvalue weighted by molar-refractivity contribution is 7.09. The van der Waals surface area contributed by atoms with Crippen molar-refractivity contribution >= 4 is 11.3 Å². The van der Waals surface area contributed by atoms with E-state index in [1.54, 1.807) is 18.4 Å². The van der Waals surface area contributed by atoms with Gasteiger partial charge in [0.2, 0.25) is 0 Å². The van der Waals surface area contributed by atoms with Crippen LogP contribution in [-0.4, -0.2) is 19.3 Å². The molecule has 0 radical (unpaired) electrons. The molecule has 0 aliphatic rings. The van der Waals surface area contributed by atoms with E-state index < -0.39 is 0 Å². The Kier molecular flexibility index (Phi) is 4.58. The van der Waals surface area contributed by atoms with Gasteiger partial charge >= 0.3 is 0 Å². The van der Waals surface area contributed by atoms with Crippen LogP contribution in [0.3, 0.4) is 0 Å². The molecule has 0 spiro atoms. The summed E-state index contributed by atoms with van der Waals surface area (Å²) >= 11 is 1.76. The van der Waals surface area contributed by atoms with Crippen LogP contribution < -0.4 is 5.73 Å². The fourth-order valence-electron chi connectivity index (χ4n) is 1.72. The van der Waals surface area contributed by atoms with Crippen LogP contribution in [-0.2, 0) is 11.2 Å². The number of ether oxygens (including phenoxy) is 1. The minimum Gasteiger partial charge on any atom is -0.380 e. The van der Waals surface area contributed by atoms with E-state index in [1.165, 1.54) is 4.88 Å². The Balaban J connectivity index is 2.51. The van der Waals surface area contributed by atoms with E-state index in [1.807, 2.05) is 0 Å². The molecule has 2 atom stereocenters. The van der Waals surface area contributed by atoms with Crippen LogP contribution in [0.15, 0.2) is 17.5 Å². The molecule has 1 rings (SSSR count). The molecule has 0 bridgehead atoms. The van der Waals surface area contributed by atoms with Crippen molar-refractivity contribution in [3.63, 3.8) is 0 Å². The molecule has 2 unspecified atom stereocenters. The highest BCUT2D eigenvalue weighted by atomic mass is 32.1. The van der Waals surface area contributed by atoms with Gasteiger partial charge in [0.1, 0.15) is 0 Å². The molecular formula is C11H19NOS. The standard InChI is InChI=1S/C11H19NOS/c1-8(2)11(13-3)10(12)7-9-5-4-6-14-9/h4-6,8,10-11H,7,12H2,1-3H3. The third-order valence-electron chi connectivity index (χ3n) is 2.37. The minimum atomic E-state index is 0.0960. The van der Waals surface area contributed by atoms with E-state index in [0.29, 0.717) is 5.92 Å². The second-order valence-electron chi connectivity index (χ2n) is 3.89. The molecule has 1 aromatic heterocycles. The molecule has 0 fully saturated rings. The fourth-order valence-corrected chi connectivity index (χ4v) is 2.50. The predicted octanol–water partition coefficient (Wildman–Crippen LogP) is 2.29. The van der Waals surface area contributed by atoms with Gasteiger partial charge < -0.3 is 10.5 Å². The molecular weight excluding hydrogens is 194 g/mol. The number of nitrogens with two attached hydrogens (primary N) is 1. The average Bonchev–Trinajstić information content (AvgIpc) is 2.57. The van der Waals surface area contributed by atoms with Crippen LogP contribution in [0.2, 0.25) is 0 Å². The zero-order valence-electron chi connectivity index (χ0n) is 9.07. The first-order chi connectivity index (χ1) is 6.65. The smallest absolute Gasteiger partial charge is 0.0748 e. The van der Waals surface area contributed by atoms with Crippen LogP contribution in [0.4, 0.5) is 0 Å². The number of rotatable bonds is 5. The van der Waals surface area contributed by atoms with Gasteiger partial charge in [0.15, 0.2) is 0 Å². The van der Waals surface area contributed by atoms with Crippen molar-refractivity contribution in [2.24, 2.45) is 11.7 Å². The van der Waals surface area contributed by atoms with E-state index in [2.05, 4.69) is 31.4 Å². The summed E-state index contributed by atoms with van der Waals surface area (Å²) < 4.78 is 5.40. The number of hydrogen-bond donors (Lipinski definition) is 1. The lowest BCUT2D eigenvalue weighted by Crippen LogP contribution is -2.41. The number of thiophene rings is 1. The third-order valence-corrected chi connectivity index (χ3v) is 3.27. The van der Waals surface area contributed by atoms with Gasteiger partial charge in [-0.15, -0.1) is 11.3 Å². The van der Waals surface area contributed by atoms with Crippen molar-refractivity contribution in [1.29, 1.82) is 0 Å². The lowest BCUT2D eigenvalue weighted by molar-refractivity contribution is 0.0443. The minimum absolute atomic E-state index is 0.0960. The Bertz CT molecular complexity index is 246. The zero-order valence-corrected chi connectivity index (χ0v) is 9.88. The summed E-state index contributed by atoms with van der Waals surface area (Å²) in [5.74, 6) is 0.468. The molecule has 0 aliphatic carbocycles. The first kappa shape index (κ1) is 11.7. The maximum atomic E-state index is 6.10. The van der Waals surface area contributed by atoms with Gasteiger partial charge in [-0.3, -0.25) is 0 Å². The molecule has 0 saturated carbocycles. The molecule has 0 aliphatic heterocycles. The Hall–Kier alpha value is -0.380. The van der Waals surface area contributed by atoms with Crippen molar-refractivity contribution in [2.45, 2.75) is 32.4 Å². The van der Waals surface area contributed by atoms with Crippen LogP contribution in [0, 0.1) is 5.92 Å². The summed E-state index contributed by atoms with van der Waals surface area (Å²) in [5.41, 5.74) is 6.10. The molecule has 1 aromatic rings. The lowest BCUT2D eigenvalue weighted by atomic mass is 9.97. The molecule has 2 nitrogen and oxygen atoms in total. The lowest BCUT2D eigenvalue weighted by Gasteiger charge is -2.25.